The summed E-state index contributed by atoms with van der Waals surface area (Å²) in [6.07, 6.45) is 0. The topological polar surface area (TPSA) is 53.8 Å². The zero-order valence-corrected chi connectivity index (χ0v) is 13.3. The Hall–Kier alpha value is -2.04. The molecule has 0 amide bonds. The number of nitrogens with one attached hydrogen (secondary N) is 1. The first-order valence-electron chi connectivity index (χ1n) is 7.00. The van der Waals surface area contributed by atoms with Crippen LogP contribution in [0.4, 0.5) is 0 Å². The summed E-state index contributed by atoms with van der Waals surface area (Å²) in [7, 11) is 4.14. The van der Waals surface area contributed by atoms with Gasteiger partial charge in [-0.05, 0) is 35.4 Å². The lowest BCUT2D eigenvalue weighted by Crippen LogP contribution is -3.06. The normalized spacial score (nSPS) is 10.7. The van der Waals surface area contributed by atoms with Gasteiger partial charge in [-0.25, -0.2) is 0 Å². The van der Waals surface area contributed by atoms with Crippen LogP contribution in [0.5, 0.6) is 5.75 Å². The number of carboxylic acids is 1. The highest BCUT2D eigenvalue weighted by molar-refractivity contribution is 6.33. The van der Waals surface area contributed by atoms with E-state index in [9.17, 15) is 9.90 Å². The molecule has 0 aromatic heterocycles. The molecule has 2 rings (SSSR count). The van der Waals surface area contributed by atoms with E-state index in [1.54, 1.807) is 6.07 Å². The van der Waals surface area contributed by atoms with Crippen LogP contribution in [0.2, 0.25) is 5.02 Å². The Kier molecular flexibility index (Phi) is 5.41. The zero-order chi connectivity index (χ0) is 16.1. The molecule has 0 heterocycles. The molecular formula is C17H18ClNO3. The second kappa shape index (κ2) is 7.29. The van der Waals surface area contributed by atoms with Gasteiger partial charge in [-0.2, -0.15) is 0 Å². The number of carbonyl (C=O) groups excluding carboxylic acids is 1. The number of halogens is 1. The molecule has 0 fully saturated rings. The number of hydrogen-bond acceptors (Lipinski definition) is 3. The number of quaternary nitrogens is 1. The molecule has 5 heteroatoms. The van der Waals surface area contributed by atoms with Crippen molar-refractivity contribution >= 4 is 17.6 Å². The SMILES string of the molecule is C[NH+](C)CCOc1ccc(-c2cc(C(=O)[O-])ccc2Cl)cc1. The van der Waals surface area contributed by atoms with E-state index in [0.29, 0.717) is 17.2 Å². The average molecular weight is 320 g/mol. The number of benzene rings is 2. The summed E-state index contributed by atoms with van der Waals surface area (Å²) >= 11 is 6.15. The maximum absolute atomic E-state index is 10.9. The molecule has 0 unspecified atom stereocenters. The quantitative estimate of drug-likeness (QED) is 0.860. The molecule has 0 spiro atoms. The van der Waals surface area contributed by atoms with Crippen LogP contribution in [0, 0.1) is 0 Å². The summed E-state index contributed by atoms with van der Waals surface area (Å²) in [4.78, 5) is 12.3. The fourth-order valence-corrected chi connectivity index (χ4v) is 2.20. The number of ether oxygens (including phenoxy) is 1. The Morgan fingerprint density at radius 1 is 1.18 bits per heavy atom. The van der Waals surface area contributed by atoms with Crippen molar-refractivity contribution in [1.29, 1.82) is 0 Å². The summed E-state index contributed by atoms with van der Waals surface area (Å²) in [5.74, 6) is -0.443. The van der Waals surface area contributed by atoms with Gasteiger partial charge in [0.25, 0.3) is 0 Å². The minimum absolute atomic E-state index is 0.105. The van der Waals surface area contributed by atoms with Crippen molar-refractivity contribution in [1.82, 2.24) is 0 Å². The molecule has 0 aliphatic heterocycles. The highest BCUT2D eigenvalue weighted by Gasteiger charge is 2.06. The standard InChI is InChI=1S/C17H18ClNO3/c1-19(2)9-10-22-14-6-3-12(4-7-14)15-11-13(17(20)21)5-8-16(15)18/h3-8,11H,9-10H2,1-2H3,(H,20,21). The van der Waals surface area contributed by atoms with Gasteiger partial charge in [0.1, 0.15) is 18.9 Å². The molecule has 0 saturated carbocycles. The number of rotatable bonds is 6. The van der Waals surface area contributed by atoms with Gasteiger partial charge < -0.3 is 19.5 Å². The smallest absolute Gasteiger partial charge is 0.137 e. The largest absolute Gasteiger partial charge is 0.545 e. The Morgan fingerprint density at radius 3 is 2.45 bits per heavy atom. The van der Waals surface area contributed by atoms with E-state index >= 15 is 0 Å². The van der Waals surface area contributed by atoms with Gasteiger partial charge in [-0.3, -0.25) is 0 Å². The molecule has 2 aromatic rings. The van der Waals surface area contributed by atoms with E-state index in [2.05, 4.69) is 14.1 Å². The number of carbonyl (C=O) groups is 1. The average Bonchev–Trinajstić information content (AvgIpc) is 2.48. The maximum atomic E-state index is 10.9. The Balaban J connectivity index is 2.16. The lowest BCUT2D eigenvalue weighted by molar-refractivity contribution is -0.858. The van der Waals surface area contributed by atoms with Crippen LogP contribution < -0.4 is 14.7 Å². The first kappa shape index (κ1) is 16.3. The minimum Gasteiger partial charge on any atom is -0.545 e. The molecule has 22 heavy (non-hydrogen) atoms. The minimum atomic E-state index is -1.22. The molecule has 0 bridgehead atoms. The fraction of sp³-hybridized carbons (Fsp3) is 0.235. The predicted octanol–water partition coefficient (Wildman–Crippen LogP) is 0.894. The van der Waals surface area contributed by atoms with Crippen molar-refractivity contribution in [3.63, 3.8) is 0 Å². The third kappa shape index (κ3) is 4.23. The number of aromatic carboxylic acids is 1. The molecule has 0 aliphatic carbocycles. The van der Waals surface area contributed by atoms with Crippen molar-refractivity contribution in [2.75, 3.05) is 27.2 Å². The van der Waals surface area contributed by atoms with Crippen LogP contribution in [0.15, 0.2) is 42.5 Å². The molecule has 1 N–H and O–H groups in total. The molecular weight excluding hydrogens is 302 g/mol. The van der Waals surface area contributed by atoms with Crippen molar-refractivity contribution in [3.05, 3.63) is 53.1 Å². The molecule has 116 valence electrons. The van der Waals surface area contributed by atoms with Crippen LogP contribution in [-0.4, -0.2) is 33.2 Å². The van der Waals surface area contributed by atoms with Gasteiger partial charge in [0, 0.05) is 10.6 Å². The van der Waals surface area contributed by atoms with E-state index in [0.717, 1.165) is 17.9 Å². The highest BCUT2D eigenvalue weighted by atomic mass is 35.5. The van der Waals surface area contributed by atoms with E-state index in [4.69, 9.17) is 16.3 Å². The second-order valence-corrected chi connectivity index (χ2v) is 5.72. The number of likely N-dealkylation sites (N-methyl/N-ethyl adjacent to an activating group) is 1. The Bertz CT molecular complexity index is 653. The zero-order valence-electron chi connectivity index (χ0n) is 12.6. The van der Waals surface area contributed by atoms with Crippen LogP contribution in [0.3, 0.4) is 0 Å². The van der Waals surface area contributed by atoms with Crippen LogP contribution in [0.25, 0.3) is 11.1 Å². The van der Waals surface area contributed by atoms with E-state index in [1.165, 1.54) is 17.0 Å². The monoisotopic (exact) mass is 319 g/mol. The summed E-state index contributed by atoms with van der Waals surface area (Å²) < 4.78 is 5.64. The fourth-order valence-electron chi connectivity index (χ4n) is 1.98. The first-order valence-corrected chi connectivity index (χ1v) is 7.38. The van der Waals surface area contributed by atoms with Gasteiger partial charge in [-0.1, -0.05) is 29.8 Å². The Labute approximate surface area is 134 Å². The third-order valence-electron chi connectivity index (χ3n) is 3.24. The molecule has 0 saturated heterocycles. The lowest BCUT2D eigenvalue weighted by atomic mass is 10.0. The van der Waals surface area contributed by atoms with Crippen molar-refractivity contribution in [3.8, 4) is 16.9 Å². The molecule has 0 radical (unpaired) electrons. The van der Waals surface area contributed by atoms with E-state index in [-0.39, 0.29) is 5.56 Å². The maximum Gasteiger partial charge on any atom is 0.137 e. The van der Waals surface area contributed by atoms with Gasteiger partial charge in [0.15, 0.2) is 0 Å². The number of carboxylic acid groups (broad SMARTS) is 1. The van der Waals surface area contributed by atoms with E-state index < -0.39 is 5.97 Å². The summed E-state index contributed by atoms with van der Waals surface area (Å²) in [5.41, 5.74) is 1.60. The van der Waals surface area contributed by atoms with Gasteiger partial charge in [0.2, 0.25) is 0 Å². The van der Waals surface area contributed by atoms with Crippen LogP contribution in [-0.2, 0) is 0 Å². The van der Waals surface area contributed by atoms with E-state index in [1.807, 2.05) is 24.3 Å². The lowest BCUT2D eigenvalue weighted by Gasteiger charge is -2.11. The highest BCUT2D eigenvalue weighted by Crippen LogP contribution is 2.30. The Morgan fingerprint density at radius 2 is 1.86 bits per heavy atom. The third-order valence-corrected chi connectivity index (χ3v) is 3.57. The van der Waals surface area contributed by atoms with Gasteiger partial charge >= 0.3 is 0 Å². The molecule has 0 atom stereocenters. The summed E-state index contributed by atoms with van der Waals surface area (Å²) in [5, 5.41) is 11.4. The summed E-state index contributed by atoms with van der Waals surface area (Å²) in [6, 6.07) is 11.9. The van der Waals surface area contributed by atoms with Crippen molar-refractivity contribution < 1.29 is 19.5 Å². The first-order chi connectivity index (χ1) is 10.5. The van der Waals surface area contributed by atoms with Crippen molar-refractivity contribution in [2.24, 2.45) is 0 Å². The summed E-state index contributed by atoms with van der Waals surface area (Å²) in [6.45, 7) is 1.56. The van der Waals surface area contributed by atoms with Gasteiger partial charge in [-0.15, -0.1) is 0 Å². The molecule has 4 nitrogen and oxygen atoms in total. The second-order valence-electron chi connectivity index (χ2n) is 5.31. The van der Waals surface area contributed by atoms with Gasteiger partial charge in [0.05, 0.1) is 20.1 Å². The van der Waals surface area contributed by atoms with Crippen molar-refractivity contribution in [2.45, 2.75) is 0 Å². The predicted molar refractivity (Wildman–Crippen MR) is 84.4 cm³/mol. The molecule has 2 aromatic carbocycles. The van der Waals surface area contributed by atoms with Crippen LogP contribution in [0.1, 0.15) is 10.4 Å². The number of hydrogen-bond donors (Lipinski definition) is 1. The molecule has 0 aliphatic rings. The van der Waals surface area contributed by atoms with Crippen LogP contribution >= 0.6 is 11.6 Å².